The Kier molecular flexibility index (Phi) is 17.0. The van der Waals surface area contributed by atoms with E-state index in [1.54, 1.807) is 99.8 Å². The van der Waals surface area contributed by atoms with E-state index in [9.17, 15) is 37.1 Å². The van der Waals surface area contributed by atoms with Gasteiger partial charge in [-0.05, 0) is 103 Å². The van der Waals surface area contributed by atoms with Crippen molar-refractivity contribution in [3.8, 4) is 68.2 Å². The summed E-state index contributed by atoms with van der Waals surface area (Å²) >= 11 is 5.96. The Labute approximate surface area is 582 Å². The van der Waals surface area contributed by atoms with Gasteiger partial charge in [0.1, 0.15) is 57.2 Å². The summed E-state index contributed by atoms with van der Waals surface area (Å²) < 4.78 is 90.0. The van der Waals surface area contributed by atoms with Crippen LogP contribution in [-0.4, -0.2) is 118 Å². The van der Waals surface area contributed by atoms with Crippen LogP contribution in [0.2, 0.25) is 5.02 Å². The zero-order valence-corrected chi connectivity index (χ0v) is 55.9. The van der Waals surface area contributed by atoms with Crippen molar-refractivity contribution in [1.29, 1.82) is 0 Å². The molecular formula is C77H67ClF4N10O9. The molecule has 6 aromatic carbocycles. The smallest absolute Gasteiger partial charge is 0.431 e. The molecule has 17 rings (SSSR count). The molecule has 0 saturated carbocycles. The highest BCUT2D eigenvalue weighted by Gasteiger charge is 2.50. The number of ether oxygens (including phenoxy) is 4. The molecular weight excluding hydrogens is 1320 g/mol. The summed E-state index contributed by atoms with van der Waals surface area (Å²) in [6.07, 6.45) is 4.56. The van der Waals surface area contributed by atoms with E-state index < -0.39 is 28.7 Å². The number of para-hydroxylation sites is 4. The Bertz CT molecular complexity index is 4970. The van der Waals surface area contributed by atoms with Crippen molar-refractivity contribution < 1.29 is 60.5 Å². The molecule has 11 heterocycles. The minimum Gasteiger partial charge on any atom is -0.507 e. The van der Waals surface area contributed by atoms with Crippen molar-refractivity contribution in [3.63, 3.8) is 0 Å². The van der Waals surface area contributed by atoms with Crippen molar-refractivity contribution in [2.75, 3.05) is 46.4 Å². The molecule has 24 heteroatoms. The second-order valence-corrected chi connectivity index (χ2v) is 26.3. The molecule has 3 saturated heterocycles. The normalized spacial score (nSPS) is 16.3. The number of fused-ring (bicyclic) bond motifs is 12. The van der Waals surface area contributed by atoms with E-state index in [4.69, 9.17) is 35.1 Å². The van der Waals surface area contributed by atoms with Crippen LogP contribution in [-0.2, 0) is 43.5 Å². The maximum absolute atomic E-state index is 13.9. The maximum atomic E-state index is 13.9. The third kappa shape index (κ3) is 12.1. The zero-order chi connectivity index (χ0) is 70.0. The van der Waals surface area contributed by atoms with Gasteiger partial charge in [0, 0.05) is 149 Å². The van der Waals surface area contributed by atoms with Crippen LogP contribution in [0, 0.1) is 5.82 Å². The molecule has 3 fully saturated rings. The maximum Gasteiger partial charge on any atom is 0.431 e. The van der Waals surface area contributed by atoms with Gasteiger partial charge in [-0.25, -0.2) is 4.39 Å². The molecule has 5 aromatic heterocycles. The first-order valence-electron chi connectivity index (χ1n) is 33.2. The van der Waals surface area contributed by atoms with Gasteiger partial charge in [-0.1, -0.05) is 77.4 Å². The molecule has 0 atom stereocenters. The Morgan fingerprint density at radius 2 is 1.13 bits per heavy atom. The first kappa shape index (κ1) is 65.7. The fraction of sp³-hybridized carbons (Fsp3) is 0.260. The number of methoxy groups -OCH3 is 1. The summed E-state index contributed by atoms with van der Waals surface area (Å²) in [5.74, 6) is 1.87. The van der Waals surface area contributed by atoms with Crippen LogP contribution in [0.5, 0.6) is 28.7 Å². The van der Waals surface area contributed by atoms with Crippen molar-refractivity contribution >= 4 is 29.3 Å². The summed E-state index contributed by atoms with van der Waals surface area (Å²) in [4.78, 5) is 49.4. The predicted octanol–water partition coefficient (Wildman–Crippen LogP) is 14.4. The quantitative estimate of drug-likeness (QED) is 0.148. The SMILES string of the molecule is COc1ccc(C(=O)N2CCC3(CC2)Oc2ccccc2-c2c3cnn2C)c(O)c1.Cn1ncc2c1-c1ccccc1OC21CCN(C(=O)c2cc(-c3ccc(Cl)cc3)no2)CC1.O=C(c1cccnc1Cc1ccc(F)cc1)N1CCC2(CC1)Oc1ccccc1-n1c(C(F)(F)F)ccc12. The highest BCUT2D eigenvalue weighted by atomic mass is 35.5. The number of nitrogens with zero attached hydrogens (tertiary/aromatic N) is 10. The van der Waals surface area contributed by atoms with E-state index >= 15 is 0 Å². The minimum absolute atomic E-state index is 0.0722. The van der Waals surface area contributed by atoms with Crippen molar-refractivity contribution in [3.05, 3.63) is 250 Å². The van der Waals surface area contributed by atoms with Crippen molar-refractivity contribution in [2.24, 2.45) is 14.1 Å². The van der Waals surface area contributed by atoms with Gasteiger partial charge in [0.2, 0.25) is 5.76 Å². The monoisotopic (exact) mass is 1390 g/mol. The predicted molar refractivity (Wildman–Crippen MR) is 365 cm³/mol. The Morgan fingerprint density at radius 1 is 0.594 bits per heavy atom. The number of benzene rings is 6. The third-order valence-corrected chi connectivity index (χ3v) is 20.3. The summed E-state index contributed by atoms with van der Waals surface area (Å²) in [6.45, 7) is 2.76. The lowest BCUT2D eigenvalue weighted by Gasteiger charge is -2.45. The van der Waals surface area contributed by atoms with Crippen LogP contribution in [0.4, 0.5) is 17.6 Å². The average molecular weight is 1390 g/mol. The molecule has 101 heavy (non-hydrogen) atoms. The number of phenols is 1. The second kappa shape index (κ2) is 26.1. The van der Waals surface area contributed by atoms with E-state index in [0.717, 1.165) is 62.3 Å². The molecule has 0 bridgehead atoms. The molecule has 11 aromatic rings. The number of halogens is 5. The first-order valence-corrected chi connectivity index (χ1v) is 33.5. The number of carbonyl (C=O) groups excluding carboxylic acids is 3. The highest BCUT2D eigenvalue weighted by molar-refractivity contribution is 6.30. The lowest BCUT2D eigenvalue weighted by molar-refractivity contribution is -0.143. The van der Waals surface area contributed by atoms with Gasteiger partial charge in [0.05, 0.1) is 59.1 Å². The number of phenolic OH excluding ortho intramolecular Hbond substituents is 1. The molecule has 3 spiro atoms. The van der Waals surface area contributed by atoms with Crippen LogP contribution in [0.1, 0.15) is 104 Å². The highest BCUT2D eigenvalue weighted by Crippen LogP contribution is 2.53. The minimum atomic E-state index is -4.53. The fourth-order valence-corrected chi connectivity index (χ4v) is 14.9. The number of hydrogen-bond acceptors (Lipinski definition) is 13. The van der Waals surface area contributed by atoms with Gasteiger partial charge in [-0.2, -0.15) is 23.4 Å². The van der Waals surface area contributed by atoms with Crippen molar-refractivity contribution in [1.82, 2.24) is 49.0 Å². The van der Waals surface area contributed by atoms with Gasteiger partial charge >= 0.3 is 6.18 Å². The summed E-state index contributed by atoms with van der Waals surface area (Å²) in [6, 6.07) is 48.5. The number of alkyl halides is 3. The number of pyridine rings is 1. The molecule has 1 N–H and O–H groups in total. The molecule has 6 aliphatic rings. The fourth-order valence-electron chi connectivity index (χ4n) is 14.8. The van der Waals surface area contributed by atoms with Gasteiger partial charge in [0.15, 0.2) is 5.60 Å². The summed E-state index contributed by atoms with van der Waals surface area (Å²) in [5.41, 5.74) is 8.05. The van der Waals surface area contributed by atoms with Crippen LogP contribution < -0.4 is 18.9 Å². The molecule has 0 unspecified atom stereocenters. The van der Waals surface area contributed by atoms with E-state index in [-0.39, 0.29) is 40.6 Å². The number of carbonyl (C=O) groups is 3. The topological polar surface area (TPSA) is 198 Å². The number of hydrogen-bond donors (Lipinski definition) is 1. The van der Waals surface area contributed by atoms with Crippen LogP contribution >= 0.6 is 11.6 Å². The lowest BCUT2D eigenvalue weighted by atomic mass is 9.81. The molecule has 3 amide bonds. The average Bonchev–Trinajstić information content (AvgIpc) is 1.66. The number of aryl methyl sites for hydroxylation is 2. The third-order valence-electron chi connectivity index (χ3n) is 20.1. The van der Waals surface area contributed by atoms with Crippen LogP contribution in [0.25, 0.3) is 39.5 Å². The number of rotatable bonds is 7. The number of likely N-dealkylation sites (tertiary alicyclic amines) is 3. The van der Waals surface area contributed by atoms with Crippen LogP contribution in [0.3, 0.4) is 0 Å². The summed E-state index contributed by atoms with van der Waals surface area (Å²) in [7, 11) is 5.42. The molecule has 0 radical (unpaired) electrons. The summed E-state index contributed by atoms with van der Waals surface area (Å²) in [5, 5.41) is 24.0. The van der Waals surface area contributed by atoms with E-state index in [0.29, 0.717) is 129 Å². The lowest BCUT2D eigenvalue weighted by Crippen LogP contribution is -2.50. The standard InChI is InChI=1S/C29H23F4N3O2.C25H21ClN4O3.C23H23N3O4/c30-20-9-7-19(8-10-20)18-22-21(4-3-15-34-22)27(37)35-16-13-28(14-17-35)25-11-12-26(29(31,32)33)36(25)23-5-1-2-6-24(23)38-28;1-29-23-18-4-2-3-5-21(18)32-25(19(23)15-27-29)10-12-30(13-11-25)24(31)22-14-20(28-33-22)16-6-8-17(26)9-7-16;1-25-21-17-5-3-4-6-20(17)30-23(18(21)14-24-25)9-11-26(12-10-23)22(28)16-8-7-15(29-2)13-19(16)27/h1-12,15H,13-14,16-18H2;2-9,14-15H,10-13H2,1H3;3-8,13-14,27H,9-12H2,1-2H3. The zero-order valence-electron chi connectivity index (χ0n) is 55.2. The Balaban J connectivity index is 0.000000124. The van der Waals surface area contributed by atoms with Crippen LogP contribution in [0.15, 0.2) is 193 Å². The number of aromatic hydroxyl groups is 1. The Morgan fingerprint density at radius 3 is 1.70 bits per heavy atom. The van der Waals surface area contributed by atoms with Gasteiger partial charge < -0.3 is 47.8 Å². The largest absolute Gasteiger partial charge is 0.507 e. The van der Waals surface area contributed by atoms with Crippen molar-refractivity contribution in [2.45, 2.75) is 67.9 Å². The molecule has 19 nitrogen and oxygen atoms in total. The van der Waals surface area contributed by atoms with Gasteiger partial charge in [0.25, 0.3) is 17.7 Å². The first-order chi connectivity index (χ1) is 48.8. The number of amides is 3. The van der Waals surface area contributed by atoms with E-state index in [1.165, 1.54) is 35.9 Å². The van der Waals surface area contributed by atoms with Gasteiger partial charge in [-0.15, -0.1) is 0 Å². The molecule has 6 aliphatic heterocycles. The van der Waals surface area contributed by atoms with Gasteiger partial charge in [-0.3, -0.25) is 28.7 Å². The van der Waals surface area contributed by atoms with E-state index in [2.05, 4.69) is 26.4 Å². The molecule has 514 valence electrons. The number of aromatic nitrogens is 7. The molecule has 0 aliphatic carbocycles. The Hall–Kier alpha value is -11.2. The second-order valence-electron chi connectivity index (χ2n) is 25.9. The van der Waals surface area contributed by atoms with E-state index in [1.807, 2.05) is 90.4 Å². The number of piperidine rings is 3.